The molecule has 0 saturated carbocycles. The number of halogens is 4. The Morgan fingerprint density at radius 2 is 1.59 bits per heavy atom. The maximum absolute atomic E-state index is 13.2. The molecule has 174 valence electrons. The largest absolute Gasteiger partial charge is 0.416 e. The molecule has 0 N–H and O–H groups in total. The van der Waals surface area contributed by atoms with E-state index in [2.05, 4.69) is 9.88 Å². The lowest BCUT2D eigenvalue weighted by molar-refractivity contribution is -0.137. The zero-order valence-corrected chi connectivity index (χ0v) is 18.0. The first-order chi connectivity index (χ1) is 16.3. The van der Waals surface area contributed by atoms with Crippen molar-refractivity contribution in [3.05, 3.63) is 90.1 Å². The van der Waals surface area contributed by atoms with Gasteiger partial charge >= 0.3 is 6.18 Å². The normalized spacial score (nSPS) is 14.6. The number of piperazine rings is 1. The maximum Gasteiger partial charge on any atom is 0.416 e. The summed E-state index contributed by atoms with van der Waals surface area (Å²) in [5.74, 6) is -0.497. The molecule has 1 saturated heterocycles. The molecule has 0 aliphatic carbocycles. The van der Waals surface area contributed by atoms with Crippen LogP contribution in [0.15, 0.2) is 73.1 Å². The number of hydrogen-bond donors (Lipinski definition) is 0. The lowest BCUT2D eigenvalue weighted by Gasteiger charge is -2.35. The predicted molar refractivity (Wildman–Crippen MR) is 120 cm³/mol. The van der Waals surface area contributed by atoms with Gasteiger partial charge in [0, 0.05) is 44.3 Å². The van der Waals surface area contributed by atoms with Gasteiger partial charge in [0.25, 0.3) is 5.91 Å². The summed E-state index contributed by atoms with van der Waals surface area (Å²) < 4.78 is 54.0. The maximum atomic E-state index is 13.2. The van der Waals surface area contributed by atoms with Gasteiger partial charge in [0.15, 0.2) is 0 Å². The van der Waals surface area contributed by atoms with Crippen molar-refractivity contribution in [3.63, 3.8) is 0 Å². The van der Waals surface area contributed by atoms with E-state index in [4.69, 9.17) is 0 Å². The molecule has 0 unspecified atom stereocenters. The van der Waals surface area contributed by atoms with Gasteiger partial charge in [-0.1, -0.05) is 12.1 Å². The van der Waals surface area contributed by atoms with Crippen molar-refractivity contribution in [2.24, 2.45) is 0 Å². The Bertz CT molecular complexity index is 1340. The summed E-state index contributed by atoms with van der Waals surface area (Å²) in [6.45, 7) is 2.23. The molecule has 0 spiro atoms. The molecular weight excluding hydrogens is 448 g/mol. The van der Waals surface area contributed by atoms with E-state index < -0.39 is 11.7 Å². The number of hydrogen-bond acceptors (Lipinski definition) is 3. The molecule has 0 bridgehead atoms. The Kier molecular flexibility index (Phi) is 5.47. The molecule has 2 aromatic carbocycles. The molecule has 1 fully saturated rings. The first-order valence-electron chi connectivity index (χ1n) is 10.7. The summed E-state index contributed by atoms with van der Waals surface area (Å²) in [5, 5.41) is 0. The average molecular weight is 468 g/mol. The topological polar surface area (TPSA) is 40.9 Å². The number of alkyl halides is 3. The summed E-state index contributed by atoms with van der Waals surface area (Å²) >= 11 is 0. The fourth-order valence-electron chi connectivity index (χ4n) is 4.12. The van der Waals surface area contributed by atoms with Gasteiger partial charge in [0.1, 0.15) is 17.2 Å². The number of benzene rings is 2. The Balaban J connectivity index is 1.32. The molecular formula is C25H20F4N4O. The number of carbonyl (C=O) groups is 1. The van der Waals surface area contributed by atoms with Gasteiger partial charge in [0.2, 0.25) is 0 Å². The number of carbonyl (C=O) groups excluding carboxylic acids is 1. The molecule has 34 heavy (non-hydrogen) atoms. The summed E-state index contributed by atoms with van der Waals surface area (Å²) in [5.41, 5.74) is 2.01. The second-order valence-corrected chi connectivity index (χ2v) is 8.14. The number of pyridine rings is 1. The lowest BCUT2D eigenvalue weighted by Crippen LogP contribution is -2.48. The summed E-state index contributed by atoms with van der Waals surface area (Å²) in [6.07, 6.45) is -1.16. The highest BCUT2D eigenvalue weighted by Gasteiger charge is 2.30. The minimum atomic E-state index is -4.42. The van der Waals surface area contributed by atoms with Crippen molar-refractivity contribution in [2.45, 2.75) is 6.18 Å². The van der Waals surface area contributed by atoms with Crippen LogP contribution in [-0.2, 0) is 6.18 Å². The lowest BCUT2D eigenvalue weighted by atomic mass is 10.0. The van der Waals surface area contributed by atoms with Gasteiger partial charge in [-0.05, 0) is 59.7 Å². The SMILES string of the molecule is O=C(c1cn2cc(-c3cccc(C(F)(F)F)c3)ccc2n1)N1CCN(c2ccc(F)cc2)CC1. The molecule has 1 amide bonds. The van der Waals surface area contributed by atoms with Gasteiger partial charge in [-0.2, -0.15) is 13.2 Å². The van der Waals surface area contributed by atoms with Crippen LogP contribution in [0.5, 0.6) is 0 Å². The quantitative estimate of drug-likeness (QED) is 0.392. The second-order valence-electron chi connectivity index (χ2n) is 8.14. The molecule has 1 aliphatic rings. The monoisotopic (exact) mass is 468 g/mol. The molecule has 2 aromatic heterocycles. The molecule has 4 aromatic rings. The molecule has 1 aliphatic heterocycles. The van der Waals surface area contributed by atoms with Crippen molar-refractivity contribution >= 4 is 17.2 Å². The molecule has 0 atom stereocenters. The number of fused-ring (bicyclic) bond motifs is 1. The number of nitrogens with zero attached hydrogens (tertiary/aromatic N) is 4. The first-order valence-corrected chi connectivity index (χ1v) is 10.7. The molecule has 0 radical (unpaired) electrons. The van der Waals surface area contributed by atoms with Crippen molar-refractivity contribution in [3.8, 4) is 11.1 Å². The third-order valence-electron chi connectivity index (χ3n) is 5.95. The van der Waals surface area contributed by atoms with Crippen LogP contribution in [-0.4, -0.2) is 46.4 Å². The van der Waals surface area contributed by atoms with Gasteiger partial charge < -0.3 is 14.2 Å². The highest BCUT2D eigenvalue weighted by atomic mass is 19.4. The van der Waals surface area contributed by atoms with E-state index >= 15 is 0 Å². The van der Waals surface area contributed by atoms with E-state index in [9.17, 15) is 22.4 Å². The van der Waals surface area contributed by atoms with Crippen LogP contribution < -0.4 is 4.90 Å². The smallest absolute Gasteiger partial charge is 0.368 e. The number of rotatable bonds is 3. The number of aromatic nitrogens is 2. The minimum absolute atomic E-state index is 0.205. The Morgan fingerprint density at radius 3 is 2.29 bits per heavy atom. The third kappa shape index (κ3) is 4.33. The Hall–Kier alpha value is -3.88. The summed E-state index contributed by atoms with van der Waals surface area (Å²) in [4.78, 5) is 21.2. The number of anilines is 1. The van der Waals surface area contributed by atoms with Crippen molar-refractivity contribution < 1.29 is 22.4 Å². The average Bonchev–Trinajstić information content (AvgIpc) is 3.27. The van der Waals surface area contributed by atoms with E-state index in [1.807, 2.05) is 0 Å². The van der Waals surface area contributed by atoms with Crippen molar-refractivity contribution in [2.75, 3.05) is 31.1 Å². The van der Waals surface area contributed by atoms with Crippen LogP contribution in [0.3, 0.4) is 0 Å². The molecule has 5 rings (SSSR count). The van der Waals surface area contributed by atoms with Crippen LogP contribution in [0.1, 0.15) is 16.1 Å². The highest BCUT2D eigenvalue weighted by Crippen LogP contribution is 2.32. The molecule has 5 nitrogen and oxygen atoms in total. The fraction of sp³-hybridized carbons (Fsp3) is 0.200. The van der Waals surface area contributed by atoms with Gasteiger partial charge in [-0.15, -0.1) is 0 Å². The molecule has 3 heterocycles. The van der Waals surface area contributed by atoms with E-state index in [0.29, 0.717) is 43.0 Å². The zero-order valence-electron chi connectivity index (χ0n) is 18.0. The Labute approximate surface area is 192 Å². The van der Waals surface area contributed by atoms with E-state index in [1.165, 1.54) is 18.2 Å². The van der Waals surface area contributed by atoms with Crippen LogP contribution in [0.25, 0.3) is 16.8 Å². The highest BCUT2D eigenvalue weighted by molar-refractivity contribution is 5.93. The van der Waals surface area contributed by atoms with Gasteiger partial charge in [-0.25, -0.2) is 9.37 Å². The summed E-state index contributed by atoms with van der Waals surface area (Å²) in [6, 6.07) is 14.8. The fourth-order valence-corrected chi connectivity index (χ4v) is 4.12. The van der Waals surface area contributed by atoms with Gasteiger partial charge in [-0.3, -0.25) is 4.79 Å². The van der Waals surface area contributed by atoms with E-state index in [0.717, 1.165) is 17.8 Å². The second kappa shape index (κ2) is 8.48. The standard InChI is InChI=1S/C25H20F4N4O/c26-20-5-7-21(8-6-20)31-10-12-32(13-11-31)24(34)22-16-33-15-18(4-9-23(33)30-22)17-2-1-3-19(14-17)25(27,28)29/h1-9,14-16H,10-13H2. The van der Waals surface area contributed by atoms with Crippen LogP contribution in [0.4, 0.5) is 23.2 Å². The first kappa shape index (κ1) is 21.9. The number of amides is 1. The van der Waals surface area contributed by atoms with Crippen LogP contribution in [0, 0.1) is 5.82 Å². The predicted octanol–water partition coefficient (Wildman–Crippen LogP) is 5.12. The number of imidazole rings is 1. The minimum Gasteiger partial charge on any atom is -0.368 e. The van der Waals surface area contributed by atoms with Crippen LogP contribution in [0.2, 0.25) is 0 Å². The van der Waals surface area contributed by atoms with Crippen molar-refractivity contribution in [1.29, 1.82) is 0 Å². The van der Waals surface area contributed by atoms with Gasteiger partial charge in [0.05, 0.1) is 5.56 Å². The zero-order chi connectivity index (χ0) is 23.9. The van der Waals surface area contributed by atoms with E-state index in [1.54, 1.807) is 52.0 Å². The molecule has 9 heteroatoms. The summed E-state index contributed by atoms with van der Waals surface area (Å²) in [7, 11) is 0. The van der Waals surface area contributed by atoms with Crippen LogP contribution >= 0.6 is 0 Å². The Morgan fingerprint density at radius 1 is 0.853 bits per heavy atom. The third-order valence-corrected chi connectivity index (χ3v) is 5.95. The van der Waals surface area contributed by atoms with E-state index in [-0.39, 0.29) is 17.4 Å². The van der Waals surface area contributed by atoms with Crippen molar-refractivity contribution in [1.82, 2.24) is 14.3 Å².